The van der Waals surface area contributed by atoms with Crippen LogP contribution in [0.2, 0.25) is 0 Å². The number of para-hydroxylation sites is 2. The van der Waals surface area contributed by atoms with Gasteiger partial charge in [-0.25, -0.2) is 9.29 Å². The van der Waals surface area contributed by atoms with Gasteiger partial charge in [-0.15, -0.1) is 5.10 Å². The molecule has 8 nitrogen and oxygen atoms in total. The number of benzene rings is 3. The Morgan fingerprint density at radius 1 is 0.889 bits per heavy atom. The lowest BCUT2D eigenvalue weighted by Crippen LogP contribution is -2.50. The third-order valence-electron chi connectivity index (χ3n) is 7.29. The Morgan fingerprint density at radius 2 is 1.67 bits per heavy atom. The predicted molar refractivity (Wildman–Crippen MR) is 130 cm³/mol. The Kier molecular flexibility index (Phi) is 4.26. The van der Waals surface area contributed by atoms with Crippen molar-refractivity contribution in [1.29, 1.82) is 0 Å². The summed E-state index contributed by atoms with van der Waals surface area (Å²) in [6, 6.07) is 18.5. The SMILES string of the molecule is O=C1C2C(C(=O)N1c1cccc(F)c1)C(C(=O)n1nnc3ccccc31)N1c3ccccc3C=CC21. The molecule has 1 aromatic heterocycles. The minimum absolute atomic E-state index is 0.156. The van der Waals surface area contributed by atoms with Gasteiger partial charge in [0.05, 0.1) is 29.1 Å². The van der Waals surface area contributed by atoms with Crippen molar-refractivity contribution in [3.8, 4) is 0 Å². The summed E-state index contributed by atoms with van der Waals surface area (Å²) in [4.78, 5) is 44.6. The molecule has 4 aromatic rings. The van der Waals surface area contributed by atoms with Crippen LogP contribution in [0.1, 0.15) is 10.4 Å². The van der Waals surface area contributed by atoms with Gasteiger partial charge in [0.2, 0.25) is 11.8 Å². The molecule has 4 atom stereocenters. The first kappa shape index (κ1) is 20.7. The van der Waals surface area contributed by atoms with Crippen LogP contribution in [0.15, 0.2) is 78.9 Å². The molecule has 0 spiro atoms. The molecule has 0 bridgehead atoms. The number of hydrogen-bond donors (Lipinski definition) is 0. The van der Waals surface area contributed by atoms with Crippen LogP contribution in [-0.4, -0.2) is 44.8 Å². The van der Waals surface area contributed by atoms with Crippen LogP contribution in [-0.2, 0) is 9.59 Å². The zero-order valence-electron chi connectivity index (χ0n) is 18.7. The van der Waals surface area contributed by atoms with Crippen LogP contribution < -0.4 is 9.80 Å². The van der Waals surface area contributed by atoms with Crippen LogP contribution in [0, 0.1) is 17.7 Å². The minimum Gasteiger partial charge on any atom is -0.351 e. The van der Waals surface area contributed by atoms with E-state index < -0.39 is 47.5 Å². The number of nitrogens with zero attached hydrogens (tertiary/aromatic N) is 5. The highest BCUT2D eigenvalue weighted by atomic mass is 19.1. The number of aromatic nitrogens is 3. The van der Waals surface area contributed by atoms with E-state index in [2.05, 4.69) is 10.3 Å². The van der Waals surface area contributed by atoms with Gasteiger partial charge in [-0.3, -0.25) is 14.4 Å². The Hall–Kier alpha value is -4.66. The lowest BCUT2D eigenvalue weighted by molar-refractivity contribution is -0.122. The van der Waals surface area contributed by atoms with E-state index in [0.29, 0.717) is 11.0 Å². The number of rotatable bonds is 2. The summed E-state index contributed by atoms with van der Waals surface area (Å²) in [6.45, 7) is 0. The monoisotopic (exact) mass is 479 g/mol. The molecular formula is C27H18FN5O3. The van der Waals surface area contributed by atoms with Gasteiger partial charge in [0.25, 0.3) is 5.91 Å². The largest absolute Gasteiger partial charge is 0.351 e. The van der Waals surface area contributed by atoms with Gasteiger partial charge in [-0.05, 0) is 42.0 Å². The van der Waals surface area contributed by atoms with Crippen LogP contribution in [0.3, 0.4) is 0 Å². The molecule has 0 radical (unpaired) electrons. The summed E-state index contributed by atoms with van der Waals surface area (Å²) < 4.78 is 15.2. The molecule has 2 amide bonds. The number of anilines is 2. The molecule has 3 aliphatic heterocycles. The topological polar surface area (TPSA) is 88.4 Å². The number of fused-ring (bicyclic) bond motifs is 6. The van der Waals surface area contributed by atoms with E-state index in [-0.39, 0.29) is 5.69 Å². The maximum atomic E-state index is 14.1. The predicted octanol–water partition coefficient (Wildman–Crippen LogP) is 3.30. The van der Waals surface area contributed by atoms with Gasteiger partial charge >= 0.3 is 0 Å². The van der Waals surface area contributed by atoms with Gasteiger partial charge < -0.3 is 4.90 Å². The van der Waals surface area contributed by atoms with E-state index in [1.807, 2.05) is 41.3 Å². The Bertz CT molecular complexity index is 1630. The quantitative estimate of drug-likeness (QED) is 0.410. The second kappa shape index (κ2) is 7.42. The smallest absolute Gasteiger partial charge is 0.272 e. The molecule has 0 aliphatic carbocycles. The van der Waals surface area contributed by atoms with Crippen molar-refractivity contribution in [1.82, 2.24) is 15.0 Å². The second-order valence-electron chi connectivity index (χ2n) is 9.13. The highest BCUT2D eigenvalue weighted by Crippen LogP contribution is 2.49. The number of imide groups is 1. The van der Waals surface area contributed by atoms with E-state index in [1.54, 1.807) is 24.3 Å². The first-order valence-electron chi connectivity index (χ1n) is 11.6. The van der Waals surface area contributed by atoms with E-state index in [0.717, 1.165) is 22.2 Å². The highest BCUT2D eigenvalue weighted by molar-refractivity contribution is 6.25. The normalized spacial score (nSPS) is 24.2. The third kappa shape index (κ3) is 2.70. The maximum absolute atomic E-state index is 14.1. The van der Waals surface area contributed by atoms with Crippen molar-refractivity contribution in [2.45, 2.75) is 12.1 Å². The van der Waals surface area contributed by atoms with Crippen molar-refractivity contribution in [3.05, 3.63) is 90.3 Å². The Morgan fingerprint density at radius 3 is 2.53 bits per heavy atom. The van der Waals surface area contributed by atoms with E-state index in [4.69, 9.17) is 0 Å². The molecule has 2 fully saturated rings. The zero-order chi connectivity index (χ0) is 24.6. The number of carbonyl (C=O) groups is 3. The fraction of sp³-hybridized carbons (Fsp3) is 0.148. The molecule has 9 heteroatoms. The van der Waals surface area contributed by atoms with Crippen molar-refractivity contribution >= 4 is 46.2 Å². The summed E-state index contributed by atoms with van der Waals surface area (Å²) in [6.07, 6.45) is 3.78. The average molecular weight is 479 g/mol. The second-order valence-corrected chi connectivity index (χ2v) is 9.13. The Balaban J connectivity index is 1.40. The lowest BCUT2D eigenvalue weighted by atomic mass is 9.88. The van der Waals surface area contributed by atoms with Gasteiger partial charge in [0, 0.05) is 5.69 Å². The number of hydrogen-bond acceptors (Lipinski definition) is 6. The fourth-order valence-corrected chi connectivity index (χ4v) is 5.82. The van der Waals surface area contributed by atoms with Crippen LogP contribution in [0.4, 0.5) is 15.8 Å². The summed E-state index contributed by atoms with van der Waals surface area (Å²) in [5.74, 6) is -3.77. The van der Waals surface area contributed by atoms with Crippen molar-refractivity contribution in [2.75, 3.05) is 9.80 Å². The molecule has 36 heavy (non-hydrogen) atoms. The summed E-state index contributed by atoms with van der Waals surface area (Å²) >= 11 is 0. The van der Waals surface area contributed by atoms with Crippen LogP contribution >= 0.6 is 0 Å². The van der Waals surface area contributed by atoms with Gasteiger partial charge in [0.15, 0.2) is 0 Å². The molecule has 7 rings (SSSR count). The van der Waals surface area contributed by atoms with Crippen molar-refractivity contribution < 1.29 is 18.8 Å². The highest BCUT2D eigenvalue weighted by Gasteiger charge is 2.64. The average Bonchev–Trinajstić information content (AvgIpc) is 3.55. The van der Waals surface area contributed by atoms with Crippen molar-refractivity contribution in [2.24, 2.45) is 11.8 Å². The zero-order valence-corrected chi connectivity index (χ0v) is 18.7. The van der Waals surface area contributed by atoms with E-state index in [9.17, 15) is 18.8 Å². The third-order valence-corrected chi connectivity index (χ3v) is 7.29. The molecule has 3 aromatic carbocycles. The van der Waals surface area contributed by atoms with Gasteiger partial charge in [-0.2, -0.15) is 4.68 Å². The maximum Gasteiger partial charge on any atom is 0.272 e. The van der Waals surface area contributed by atoms with Gasteiger partial charge in [-0.1, -0.05) is 53.8 Å². The van der Waals surface area contributed by atoms with Crippen LogP contribution in [0.25, 0.3) is 17.1 Å². The fourth-order valence-electron chi connectivity index (χ4n) is 5.82. The first-order chi connectivity index (χ1) is 17.5. The standard InChI is InChI=1S/C27H18FN5O3/c28-16-7-5-8-17(14-16)31-25(34)22-21-13-12-15-6-1-3-10-19(15)32(21)24(23(22)26(31)35)27(36)33-20-11-4-2-9-18(20)29-30-33/h1-14,21-24H. The molecule has 0 N–H and O–H groups in total. The molecule has 2 saturated heterocycles. The Labute approximate surface area is 204 Å². The summed E-state index contributed by atoms with van der Waals surface area (Å²) in [5, 5.41) is 8.20. The number of carbonyl (C=O) groups excluding carboxylic acids is 3. The molecule has 0 saturated carbocycles. The van der Waals surface area contributed by atoms with E-state index >= 15 is 0 Å². The number of amides is 2. The molecule has 4 unspecified atom stereocenters. The summed E-state index contributed by atoms with van der Waals surface area (Å²) in [5.41, 5.74) is 2.87. The minimum atomic E-state index is -1.01. The molecule has 3 aliphatic rings. The van der Waals surface area contributed by atoms with Crippen molar-refractivity contribution in [3.63, 3.8) is 0 Å². The van der Waals surface area contributed by atoms with E-state index in [1.165, 1.54) is 22.9 Å². The summed E-state index contributed by atoms with van der Waals surface area (Å²) in [7, 11) is 0. The molecular weight excluding hydrogens is 461 g/mol. The first-order valence-corrected chi connectivity index (χ1v) is 11.6. The molecule has 176 valence electrons. The van der Waals surface area contributed by atoms with Gasteiger partial charge in [0.1, 0.15) is 17.4 Å². The molecule has 4 heterocycles. The number of halogens is 1. The lowest BCUT2D eigenvalue weighted by Gasteiger charge is -2.36. The van der Waals surface area contributed by atoms with Crippen LogP contribution in [0.5, 0.6) is 0 Å².